The fourth-order valence-corrected chi connectivity index (χ4v) is 4.42. The third kappa shape index (κ3) is 5.18. The topological polar surface area (TPSA) is 45.2 Å². The number of pyridine rings is 1. The van der Waals surface area contributed by atoms with E-state index in [4.69, 9.17) is 34.8 Å². The van der Waals surface area contributed by atoms with E-state index in [2.05, 4.69) is 10.3 Å². The van der Waals surface area contributed by atoms with Gasteiger partial charge in [0, 0.05) is 31.6 Å². The highest BCUT2D eigenvalue weighted by Gasteiger charge is 2.59. The average Bonchev–Trinajstić information content (AvgIpc) is 3.21. The Morgan fingerprint density at radius 2 is 1.74 bits per heavy atom. The van der Waals surface area contributed by atoms with Crippen LogP contribution in [0.5, 0.6) is 0 Å². The highest BCUT2D eigenvalue weighted by Crippen LogP contribution is 2.50. The minimum Gasteiger partial charge on any atom is -0.355 e. The largest absolute Gasteiger partial charge is 0.433 e. The molecule has 1 aliphatic heterocycles. The van der Waals surface area contributed by atoms with E-state index in [0.29, 0.717) is 0 Å². The molecule has 0 radical (unpaired) electrons. The number of benzene rings is 1. The quantitative estimate of drug-likeness (QED) is 0.330. The molecule has 0 bridgehead atoms. The van der Waals surface area contributed by atoms with Crippen molar-refractivity contribution in [3.05, 3.63) is 56.2 Å². The van der Waals surface area contributed by atoms with E-state index in [0.717, 1.165) is 23.1 Å². The molecule has 1 amide bonds. The second kappa shape index (κ2) is 9.62. The predicted octanol–water partition coefficient (Wildman–Crippen LogP) is 6.80. The molecule has 186 valence electrons. The Hall–Kier alpha value is -1.91. The minimum atomic E-state index is -4.87. The van der Waals surface area contributed by atoms with E-state index in [1.54, 1.807) is 6.92 Å². The summed E-state index contributed by atoms with van der Waals surface area (Å²) in [6.45, 7) is 0.223. The van der Waals surface area contributed by atoms with E-state index in [-0.39, 0.29) is 45.0 Å². The second-order valence-corrected chi connectivity index (χ2v) is 9.00. The summed E-state index contributed by atoms with van der Waals surface area (Å²) in [5, 5.41) is 1.92. The van der Waals surface area contributed by atoms with Crippen LogP contribution in [0.3, 0.4) is 0 Å². The van der Waals surface area contributed by atoms with Crippen molar-refractivity contribution in [1.29, 1.82) is 0 Å². The number of aromatic nitrogens is 1. The number of alkyl halides is 6. The van der Waals surface area contributed by atoms with E-state index in [1.165, 1.54) is 6.07 Å². The molecular formula is C21H18Cl3F6N3O. The summed E-state index contributed by atoms with van der Waals surface area (Å²) >= 11 is 17.8. The second-order valence-electron chi connectivity index (χ2n) is 7.81. The van der Waals surface area contributed by atoms with Crippen LogP contribution in [0.2, 0.25) is 15.1 Å². The average molecular weight is 549 g/mol. The molecule has 0 saturated carbocycles. The number of amides is 1. The smallest absolute Gasteiger partial charge is 0.355 e. The van der Waals surface area contributed by atoms with Crippen LogP contribution in [-0.2, 0) is 22.9 Å². The predicted molar refractivity (Wildman–Crippen MR) is 117 cm³/mol. The van der Waals surface area contributed by atoms with Crippen molar-refractivity contribution in [2.45, 2.75) is 44.1 Å². The van der Waals surface area contributed by atoms with Crippen LogP contribution in [-0.4, -0.2) is 30.2 Å². The summed E-state index contributed by atoms with van der Waals surface area (Å²) in [7, 11) is 0. The van der Waals surface area contributed by atoms with Crippen LogP contribution >= 0.6 is 34.8 Å². The van der Waals surface area contributed by atoms with E-state index in [9.17, 15) is 31.1 Å². The summed E-state index contributed by atoms with van der Waals surface area (Å²) in [6.07, 6.45) is -10.0. The fraction of sp³-hybridized carbons (Fsp3) is 0.429. The molecule has 2 aromatic rings. The molecule has 1 atom stereocenters. The monoisotopic (exact) mass is 547 g/mol. The van der Waals surface area contributed by atoms with E-state index in [1.807, 2.05) is 0 Å². The van der Waals surface area contributed by atoms with Crippen LogP contribution in [0.4, 0.5) is 32.2 Å². The van der Waals surface area contributed by atoms with Gasteiger partial charge in [0.1, 0.15) is 11.2 Å². The third-order valence-electron chi connectivity index (χ3n) is 5.70. The van der Waals surface area contributed by atoms with Gasteiger partial charge in [0.05, 0.1) is 15.1 Å². The molecule has 1 saturated heterocycles. The minimum absolute atomic E-state index is 0.0822. The SMILES string of the molecule is CCC(=O)NCc1ccc(N2CCC(c3cc(Cl)c(Cl)c(Cl)c3)(C(F)(F)F)C2)nc1C(F)(F)F. The first-order chi connectivity index (χ1) is 15.7. The van der Waals surface area contributed by atoms with Gasteiger partial charge >= 0.3 is 12.4 Å². The molecule has 13 heteroatoms. The number of carbonyl (C=O) groups is 1. The first-order valence-corrected chi connectivity index (χ1v) is 11.1. The van der Waals surface area contributed by atoms with Crippen LogP contribution in [0.15, 0.2) is 24.3 Å². The first-order valence-electron chi connectivity index (χ1n) is 10.00. The standard InChI is InChI=1S/C21H18Cl3F6N3O/c1-2-16(34)31-9-11-3-4-15(32-18(11)20(25,26)27)33-6-5-19(10-33,21(28,29)30)12-7-13(22)17(24)14(23)8-12/h3-4,7-8H,2,5-6,9-10H2,1H3,(H,31,34). The Labute approximate surface area is 206 Å². The van der Waals surface area contributed by atoms with Gasteiger partial charge in [-0.15, -0.1) is 0 Å². The summed E-state index contributed by atoms with van der Waals surface area (Å²) in [6, 6.07) is 4.45. The lowest BCUT2D eigenvalue weighted by Crippen LogP contribution is -2.45. The van der Waals surface area contributed by atoms with E-state index < -0.39 is 48.9 Å². The summed E-state index contributed by atoms with van der Waals surface area (Å²) in [5.74, 6) is -0.720. The maximum absolute atomic E-state index is 14.3. The van der Waals surface area contributed by atoms with Crippen LogP contribution in [0.25, 0.3) is 0 Å². The molecule has 1 aromatic heterocycles. The number of nitrogens with one attached hydrogen (secondary N) is 1. The molecule has 1 aliphatic rings. The van der Waals surface area contributed by atoms with Crippen molar-refractivity contribution in [2.75, 3.05) is 18.0 Å². The molecule has 34 heavy (non-hydrogen) atoms. The molecule has 0 aliphatic carbocycles. The molecule has 2 heterocycles. The van der Waals surface area contributed by atoms with Gasteiger partial charge in [0.25, 0.3) is 0 Å². The molecule has 1 unspecified atom stereocenters. The first kappa shape index (κ1) is 26.7. The van der Waals surface area contributed by atoms with E-state index >= 15 is 0 Å². The number of anilines is 1. The van der Waals surface area contributed by atoms with Gasteiger partial charge in [0.15, 0.2) is 5.69 Å². The zero-order valence-corrected chi connectivity index (χ0v) is 19.8. The number of rotatable bonds is 5. The van der Waals surface area contributed by atoms with Crippen LogP contribution < -0.4 is 10.2 Å². The Kier molecular flexibility index (Phi) is 7.55. The number of nitrogens with zero attached hydrogens (tertiary/aromatic N) is 2. The van der Waals surface area contributed by atoms with Gasteiger partial charge in [-0.2, -0.15) is 26.3 Å². The number of halogens is 9. The Morgan fingerprint density at radius 3 is 2.26 bits per heavy atom. The Balaban J connectivity index is 1.99. The normalized spacial score (nSPS) is 18.9. The van der Waals surface area contributed by atoms with Crippen molar-refractivity contribution < 1.29 is 31.1 Å². The van der Waals surface area contributed by atoms with Crippen molar-refractivity contribution >= 4 is 46.5 Å². The number of carbonyl (C=O) groups excluding carboxylic acids is 1. The molecule has 1 aromatic carbocycles. The van der Waals surface area contributed by atoms with Gasteiger partial charge in [-0.1, -0.05) is 47.8 Å². The zero-order valence-electron chi connectivity index (χ0n) is 17.5. The fourth-order valence-electron chi connectivity index (χ4n) is 3.83. The highest BCUT2D eigenvalue weighted by molar-refractivity contribution is 6.48. The molecular weight excluding hydrogens is 531 g/mol. The lowest BCUT2D eigenvalue weighted by molar-refractivity contribution is -0.184. The summed E-state index contributed by atoms with van der Waals surface area (Å²) in [4.78, 5) is 16.2. The van der Waals surface area contributed by atoms with Crippen molar-refractivity contribution in [3.63, 3.8) is 0 Å². The lowest BCUT2D eigenvalue weighted by Gasteiger charge is -2.33. The summed E-state index contributed by atoms with van der Waals surface area (Å²) in [5.41, 5.74) is -4.26. The summed E-state index contributed by atoms with van der Waals surface area (Å²) < 4.78 is 83.8. The van der Waals surface area contributed by atoms with Crippen LogP contribution in [0, 0.1) is 0 Å². The maximum Gasteiger partial charge on any atom is 0.433 e. The molecule has 3 rings (SSSR count). The van der Waals surface area contributed by atoms with Gasteiger partial charge in [-0.05, 0) is 30.2 Å². The van der Waals surface area contributed by atoms with Crippen molar-refractivity contribution in [3.8, 4) is 0 Å². The molecule has 4 nitrogen and oxygen atoms in total. The number of hydrogen-bond acceptors (Lipinski definition) is 3. The zero-order chi connectivity index (χ0) is 25.5. The van der Waals surface area contributed by atoms with Gasteiger partial charge in [-0.25, -0.2) is 4.98 Å². The van der Waals surface area contributed by atoms with Crippen molar-refractivity contribution in [2.24, 2.45) is 0 Å². The third-order valence-corrected chi connectivity index (χ3v) is 6.90. The lowest BCUT2D eigenvalue weighted by atomic mass is 9.79. The van der Waals surface area contributed by atoms with Gasteiger partial charge in [0.2, 0.25) is 5.91 Å². The maximum atomic E-state index is 14.3. The van der Waals surface area contributed by atoms with Gasteiger partial charge in [-0.3, -0.25) is 4.79 Å². The number of hydrogen-bond donors (Lipinski definition) is 1. The molecule has 1 fully saturated rings. The highest BCUT2D eigenvalue weighted by atomic mass is 35.5. The molecule has 0 spiro atoms. The van der Waals surface area contributed by atoms with Crippen molar-refractivity contribution in [1.82, 2.24) is 10.3 Å². The molecule has 1 N–H and O–H groups in total. The Morgan fingerprint density at radius 1 is 1.12 bits per heavy atom. The van der Waals surface area contributed by atoms with Crippen LogP contribution in [0.1, 0.15) is 36.6 Å². The Bertz CT molecular complexity index is 1070. The van der Waals surface area contributed by atoms with Gasteiger partial charge < -0.3 is 10.2 Å².